The molecular weight excluding hydrogens is 352 g/mol. The van der Waals surface area contributed by atoms with Crippen LogP contribution in [0.2, 0.25) is 0 Å². The number of aromatic amines is 1. The van der Waals surface area contributed by atoms with Gasteiger partial charge >= 0.3 is 0 Å². The van der Waals surface area contributed by atoms with Crippen LogP contribution in [0.5, 0.6) is 5.75 Å². The van der Waals surface area contributed by atoms with Crippen LogP contribution in [0.15, 0.2) is 24.4 Å². The third-order valence-corrected chi connectivity index (χ3v) is 4.84. The van der Waals surface area contributed by atoms with Crippen molar-refractivity contribution in [2.24, 2.45) is 0 Å². The smallest absolute Gasteiger partial charge is 0.293 e. The third kappa shape index (κ3) is 2.81. The Morgan fingerprint density at radius 2 is 2.22 bits per heavy atom. The Kier molecular flexibility index (Phi) is 4.08. The topological polar surface area (TPSA) is 121 Å². The molecule has 0 aliphatic carbocycles. The molecule has 1 fully saturated rings. The number of carbonyl (C=O) groups is 1. The first-order valence-corrected chi connectivity index (χ1v) is 8.48. The van der Waals surface area contributed by atoms with Crippen LogP contribution >= 0.6 is 0 Å². The highest BCUT2D eigenvalue weighted by Crippen LogP contribution is 2.46. The van der Waals surface area contributed by atoms with E-state index in [2.05, 4.69) is 10.3 Å². The molecule has 2 aliphatic rings. The quantitative estimate of drug-likeness (QED) is 0.430. The molecule has 140 valence electrons. The van der Waals surface area contributed by atoms with Crippen molar-refractivity contribution in [1.29, 1.82) is 0 Å². The summed E-state index contributed by atoms with van der Waals surface area (Å²) in [7, 11) is 1.52. The third-order valence-electron chi connectivity index (χ3n) is 4.84. The lowest BCUT2D eigenvalue weighted by atomic mass is 10.0. The summed E-state index contributed by atoms with van der Waals surface area (Å²) in [5.74, 6) is 0.218. The molecule has 1 aromatic carbocycles. The Hall–Kier alpha value is -3.33. The fourth-order valence-corrected chi connectivity index (χ4v) is 3.61. The molecule has 0 saturated carbocycles. The largest absolute Gasteiger partial charge is 0.495 e. The van der Waals surface area contributed by atoms with E-state index in [1.165, 1.54) is 19.2 Å². The van der Waals surface area contributed by atoms with Gasteiger partial charge in [0.1, 0.15) is 11.4 Å². The lowest BCUT2D eigenvalue weighted by molar-refractivity contribution is -0.384. The second kappa shape index (κ2) is 6.44. The number of hydrogen-bond acceptors (Lipinski definition) is 6. The van der Waals surface area contributed by atoms with Crippen LogP contribution in [-0.2, 0) is 4.79 Å². The van der Waals surface area contributed by atoms with E-state index >= 15 is 0 Å². The van der Waals surface area contributed by atoms with Crippen LogP contribution in [0.4, 0.5) is 17.1 Å². The number of amides is 1. The van der Waals surface area contributed by atoms with Gasteiger partial charge in [-0.2, -0.15) is 0 Å². The Balaban J connectivity index is 1.92. The molecule has 0 bridgehead atoms. The van der Waals surface area contributed by atoms with Crippen molar-refractivity contribution in [1.82, 2.24) is 4.98 Å². The number of aliphatic hydroxyl groups excluding tert-OH is 1. The summed E-state index contributed by atoms with van der Waals surface area (Å²) in [5.41, 5.74) is 2.15. The van der Waals surface area contributed by atoms with Gasteiger partial charge in [-0.05, 0) is 24.6 Å². The fraction of sp³-hybridized carbons (Fsp3) is 0.278. The molecule has 1 saturated heterocycles. The lowest BCUT2D eigenvalue weighted by Gasteiger charge is -2.21. The van der Waals surface area contributed by atoms with Crippen LogP contribution in [-0.4, -0.2) is 47.2 Å². The summed E-state index contributed by atoms with van der Waals surface area (Å²) in [4.78, 5) is 28.5. The highest BCUT2D eigenvalue weighted by atomic mass is 16.6. The van der Waals surface area contributed by atoms with Crippen molar-refractivity contribution in [3.05, 3.63) is 45.8 Å². The van der Waals surface area contributed by atoms with Crippen molar-refractivity contribution in [2.45, 2.75) is 12.5 Å². The molecule has 1 amide bonds. The molecule has 9 heteroatoms. The maximum absolute atomic E-state index is 12.6. The van der Waals surface area contributed by atoms with Gasteiger partial charge in [0.15, 0.2) is 0 Å². The van der Waals surface area contributed by atoms with E-state index in [0.717, 1.165) is 0 Å². The monoisotopic (exact) mass is 370 g/mol. The van der Waals surface area contributed by atoms with Crippen LogP contribution < -0.4 is 15.0 Å². The molecule has 3 N–H and O–H groups in total. The zero-order valence-corrected chi connectivity index (χ0v) is 14.6. The van der Waals surface area contributed by atoms with Gasteiger partial charge in [-0.3, -0.25) is 14.9 Å². The van der Waals surface area contributed by atoms with Gasteiger partial charge in [0, 0.05) is 30.9 Å². The van der Waals surface area contributed by atoms with Crippen molar-refractivity contribution in [2.75, 3.05) is 30.4 Å². The minimum atomic E-state index is -0.554. The van der Waals surface area contributed by atoms with E-state index in [1.807, 2.05) is 0 Å². The second-order valence-electron chi connectivity index (χ2n) is 6.47. The Morgan fingerprint density at radius 1 is 1.41 bits per heavy atom. The van der Waals surface area contributed by atoms with Crippen LogP contribution in [0.1, 0.15) is 17.7 Å². The Labute approximate surface area is 154 Å². The fourth-order valence-electron chi connectivity index (χ4n) is 3.61. The number of fused-ring (bicyclic) bond motifs is 1. The number of rotatable bonds is 4. The zero-order valence-electron chi connectivity index (χ0n) is 14.6. The highest BCUT2D eigenvalue weighted by molar-refractivity contribution is 6.36. The number of nitro groups is 1. The van der Waals surface area contributed by atoms with E-state index in [9.17, 15) is 20.0 Å². The average molecular weight is 370 g/mol. The number of nitrogens with zero attached hydrogens (tertiary/aromatic N) is 2. The number of anilines is 2. The second-order valence-corrected chi connectivity index (χ2v) is 6.47. The standard InChI is InChI=1S/C18H18N4O5/c1-27-15-4-6-19-13(15)8-11-16-12(20-18(11)24)2-3-14(22(25)26)17(16)21-7-5-10(23)9-21/h2-4,6,8,10,19,23H,5,7,9H2,1H3,(H,20,24). The van der Waals surface area contributed by atoms with Gasteiger partial charge in [-0.15, -0.1) is 0 Å². The molecular formula is C18H18N4O5. The zero-order chi connectivity index (χ0) is 19.1. The molecule has 0 spiro atoms. The molecule has 2 aliphatic heterocycles. The first-order chi connectivity index (χ1) is 13.0. The summed E-state index contributed by atoms with van der Waals surface area (Å²) in [6.07, 6.45) is 3.27. The summed E-state index contributed by atoms with van der Waals surface area (Å²) < 4.78 is 5.27. The van der Waals surface area contributed by atoms with E-state index < -0.39 is 11.0 Å². The van der Waals surface area contributed by atoms with Crippen LogP contribution in [0.25, 0.3) is 11.6 Å². The molecule has 9 nitrogen and oxygen atoms in total. The normalized spacial score (nSPS) is 20.1. The van der Waals surface area contributed by atoms with Crippen molar-refractivity contribution < 1.29 is 19.6 Å². The summed E-state index contributed by atoms with van der Waals surface area (Å²) >= 11 is 0. The number of hydrogen-bond donors (Lipinski definition) is 3. The minimum Gasteiger partial charge on any atom is -0.495 e. The number of nitro benzene ring substituents is 1. The predicted octanol–water partition coefficient (Wildman–Crippen LogP) is 2.00. The molecule has 4 rings (SSSR count). The predicted molar refractivity (Wildman–Crippen MR) is 99.8 cm³/mol. The number of carbonyl (C=O) groups excluding carboxylic acids is 1. The maximum Gasteiger partial charge on any atom is 0.293 e. The Morgan fingerprint density at radius 3 is 2.89 bits per heavy atom. The molecule has 27 heavy (non-hydrogen) atoms. The molecule has 0 radical (unpaired) electrons. The number of methoxy groups -OCH3 is 1. The number of nitrogens with one attached hydrogen (secondary N) is 2. The number of H-pyrrole nitrogens is 1. The van der Waals surface area contributed by atoms with Crippen LogP contribution in [0, 0.1) is 10.1 Å². The highest BCUT2D eigenvalue weighted by Gasteiger charge is 2.36. The number of aromatic nitrogens is 1. The molecule has 2 aromatic rings. The van der Waals surface area contributed by atoms with Gasteiger partial charge in [0.25, 0.3) is 11.6 Å². The van der Waals surface area contributed by atoms with E-state index in [0.29, 0.717) is 46.9 Å². The van der Waals surface area contributed by atoms with E-state index in [4.69, 9.17) is 4.74 Å². The summed E-state index contributed by atoms with van der Waals surface area (Å²) in [6, 6.07) is 4.65. The Bertz CT molecular complexity index is 965. The minimum absolute atomic E-state index is 0.0938. The number of aliphatic hydroxyl groups is 1. The molecule has 1 aromatic heterocycles. The molecule has 1 unspecified atom stereocenters. The SMILES string of the molecule is COc1cc[nH]c1C=C1C(=O)Nc2ccc([N+](=O)[O-])c(N3CCC(O)C3)c21. The van der Waals surface area contributed by atoms with Gasteiger partial charge < -0.3 is 25.0 Å². The molecule has 1 atom stereocenters. The lowest BCUT2D eigenvalue weighted by Crippen LogP contribution is -2.23. The van der Waals surface area contributed by atoms with Crippen molar-refractivity contribution >= 4 is 34.6 Å². The van der Waals surface area contributed by atoms with Crippen LogP contribution in [0.3, 0.4) is 0 Å². The van der Waals surface area contributed by atoms with E-state index in [-0.39, 0.29) is 18.1 Å². The van der Waals surface area contributed by atoms with Gasteiger partial charge in [-0.25, -0.2) is 0 Å². The number of β-amino-alcohol motifs (C(OH)–C–C–N with tert-alkyl or cyclic N) is 1. The van der Waals surface area contributed by atoms with Gasteiger partial charge in [-0.1, -0.05) is 0 Å². The first-order valence-electron chi connectivity index (χ1n) is 8.48. The summed E-state index contributed by atoms with van der Waals surface area (Å²) in [5, 5.41) is 24.3. The average Bonchev–Trinajstić information content (AvgIpc) is 3.34. The van der Waals surface area contributed by atoms with Crippen molar-refractivity contribution in [3.8, 4) is 5.75 Å². The summed E-state index contributed by atoms with van der Waals surface area (Å²) in [6.45, 7) is 0.760. The number of ether oxygens (including phenoxy) is 1. The van der Waals surface area contributed by atoms with E-state index in [1.54, 1.807) is 23.2 Å². The van der Waals surface area contributed by atoms with Gasteiger partial charge in [0.2, 0.25) is 0 Å². The van der Waals surface area contributed by atoms with Gasteiger partial charge in [0.05, 0.1) is 35.1 Å². The number of benzene rings is 1. The molecule has 3 heterocycles. The van der Waals surface area contributed by atoms with Crippen molar-refractivity contribution in [3.63, 3.8) is 0 Å². The maximum atomic E-state index is 12.6. The first kappa shape index (κ1) is 17.1.